The van der Waals surface area contributed by atoms with Crippen LogP contribution in [0.5, 0.6) is 5.75 Å². The number of piperidine rings is 1. The van der Waals surface area contributed by atoms with E-state index >= 15 is 0 Å². The highest BCUT2D eigenvalue weighted by atomic mass is 19.1. The third kappa shape index (κ3) is 7.27. The lowest BCUT2D eigenvalue weighted by Gasteiger charge is -2.33. The predicted molar refractivity (Wildman–Crippen MR) is 115 cm³/mol. The summed E-state index contributed by atoms with van der Waals surface area (Å²) in [4.78, 5) is 13.6. The van der Waals surface area contributed by atoms with Gasteiger partial charge < -0.3 is 20.5 Å². The molecule has 3 N–H and O–H groups in total. The molecule has 1 saturated heterocycles. The van der Waals surface area contributed by atoms with Gasteiger partial charge in [-0.15, -0.1) is 0 Å². The number of benzene rings is 2. The largest absolute Gasteiger partial charge is 0.489 e. The fourth-order valence-corrected chi connectivity index (χ4v) is 3.61. The van der Waals surface area contributed by atoms with Gasteiger partial charge in [0, 0.05) is 26.1 Å². The van der Waals surface area contributed by atoms with E-state index in [9.17, 15) is 18.7 Å². The molecule has 0 spiro atoms. The van der Waals surface area contributed by atoms with Crippen molar-refractivity contribution in [3.05, 3.63) is 59.7 Å². The SMILES string of the molecule is CC(=O)Nc1c(F)cccc1OCC(O)CNC1CCN(Cc2ccc(F)cc2)CC1. The summed E-state index contributed by atoms with van der Waals surface area (Å²) in [6.07, 6.45) is 1.13. The fraction of sp³-hybridized carbons (Fsp3) is 0.435. The molecule has 1 aliphatic rings. The number of ether oxygens (including phenoxy) is 1. The molecule has 8 heteroatoms. The molecule has 1 fully saturated rings. The van der Waals surface area contributed by atoms with Gasteiger partial charge in [-0.2, -0.15) is 0 Å². The highest BCUT2D eigenvalue weighted by molar-refractivity contribution is 5.90. The van der Waals surface area contributed by atoms with Crippen molar-refractivity contribution in [2.24, 2.45) is 0 Å². The van der Waals surface area contributed by atoms with Gasteiger partial charge in [0.15, 0.2) is 5.82 Å². The Morgan fingerprint density at radius 3 is 2.58 bits per heavy atom. The molecule has 1 aliphatic heterocycles. The van der Waals surface area contributed by atoms with Gasteiger partial charge in [-0.3, -0.25) is 9.69 Å². The summed E-state index contributed by atoms with van der Waals surface area (Å²) in [5.41, 5.74) is 1.07. The molecule has 0 saturated carbocycles. The Morgan fingerprint density at radius 1 is 1.19 bits per heavy atom. The van der Waals surface area contributed by atoms with Crippen LogP contribution in [-0.4, -0.2) is 54.3 Å². The Kier molecular flexibility index (Phi) is 8.34. The van der Waals surface area contributed by atoms with Crippen LogP contribution in [0.15, 0.2) is 42.5 Å². The van der Waals surface area contributed by atoms with E-state index in [1.54, 1.807) is 6.07 Å². The molecule has 1 heterocycles. The van der Waals surface area contributed by atoms with E-state index in [4.69, 9.17) is 4.74 Å². The standard InChI is InChI=1S/C23H29F2N3O3/c1-16(29)27-23-21(25)3-2-4-22(23)31-15-20(30)13-26-19-9-11-28(12-10-19)14-17-5-7-18(24)8-6-17/h2-8,19-20,26,30H,9-15H2,1H3,(H,27,29). The van der Waals surface area contributed by atoms with Gasteiger partial charge in [-0.1, -0.05) is 18.2 Å². The minimum Gasteiger partial charge on any atom is -0.489 e. The van der Waals surface area contributed by atoms with Crippen LogP contribution < -0.4 is 15.4 Å². The normalized spacial score (nSPS) is 16.1. The number of amides is 1. The topological polar surface area (TPSA) is 73.8 Å². The molecule has 0 bridgehead atoms. The Hall–Kier alpha value is -2.55. The molecular formula is C23H29F2N3O3. The van der Waals surface area contributed by atoms with Crippen LogP contribution in [-0.2, 0) is 11.3 Å². The number of anilines is 1. The number of nitrogens with zero attached hydrogens (tertiary/aromatic N) is 1. The Bertz CT molecular complexity index is 856. The fourth-order valence-electron chi connectivity index (χ4n) is 3.61. The monoisotopic (exact) mass is 433 g/mol. The summed E-state index contributed by atoms with van der Waals surface area (Å²) >= 11 is 0. The Morgan fingerprint density at radius 2 is 1.90 bits per heavy atom. The first kappa shape index (κ1) is 23.1. The third-order valence-electron chi connectivity index (χ3n) is 5.26. The van der Waals surface area contributed by atoms with Crippen molar-refractivity contribution in [3.8, 4) is 5.75 Å². The van der Waals surface area contributed by atoms with Crippen molar-refractivity contribution < 1.29 is 23.4 Å². The van der Waals surface area contributed by atoms with Crippen LogP contribution in [0.4, 0.5) is 14.5 Å². The second-order valence-electron chi connectivity index (χ2n) is 7.84. The molecule has 168 valence electrons. The maximum Gasteiger partial charge on any atom is 0.221 e. The van der Waals surface area contributed by atoms with Crippen LogP contribution >= 0.6 is 0 Å². The number of halogens is 2. The van der Waals surface area contributed by atoms with Gasteiger partial charge in [0.1, 0.15) is 30.0 Å². The number of hydrogen-bond acceptors (Lipinski definition) is 5. The quantitative estimate of drug-likeness (QED) is 0.567. The van der Waals surface area contributed by atoms with Crippen molar-refractivity contribution in [1.82, 2.24) is 10.2 Å². The van der Waals surface area contributed by atoms with Gasteiger partial charge in [-0.25, -0.2) is 8.78 Å². The number of para-hydroxylation sites is 1. The van der Waals surface area contributed by atoms with Gasteiger partial charge in [-0.05, 0) is 55.8 Å². The number of carbonyl (C=O) groups is 1. The lowest BCUT2D eigenvalue weighted by Crippen LogP contribution is -2.45. The number of nitrogens with one attached hydrogen (secondary N) is 2. The van der Waals surface area contributed by atoms with Crippen LogP contribution in [0.1, 0.15) is 25.3 Å². The van der Waals surface area contributed by atoms with Crippen LogP contribution in [0.25, 0.3) is 0 Å². The summed E-state index contributed by atoms with van der Waals surface area (Å²) in [5.74, 6) is -1.03. The molecule has 6 nitrogen and oxygen atoms in total. The van der Waals surface area contributed by atoms with E-state index in [-0.39, 0.29) is 23.9 Å². The van der Waals surface area contributed by atoms with Crippen molar-refractivity contribution >= 4 is 11.6 Å². The average Bonchev–Trinajstić information content (AvgIpc) is 2.75. The third-order valence-corrected chi connectivity index (χ3v) is 5.26. The van der Waals surface area contributed by atoms with Gasteiger partial charge >= 0.3 is 0 Å². The molecule has 3 rings (SSSR count). The van der Waals surface area contributed by atoms with Gasteiger partial charge in [0.25, 0.3) is 0 Å². The average molecular weight is 433 g/mol. The first-order valence-electron chi connectivity index (χ1n) is 10.5. The smallest absolute Gasteiger partial charge is 0.221 e. The Balaban J connectivity index is 1.38. The highest BCUT2D eigenvalue weighted by Gasteiger charge is 2.20. The van der Waals surface area contributed by atoms with Crippen molar-refractivity contribution in [3.63, 3.8) is 0 Å². The summed E-state index contributed by atoms with van der Waals surface area (Å²) < 4.78 is 32.5. The maximum absolute atomic E-state index is 13.9. The number of hydrogen-bond donors (Lipinski definition) is 3. The molecule has 0 aromatic heterocycles. The van der Waals surface area contributed by atoms with E-state index in [1.165, 1.54) is 31.2 Å². The lowest BCUT2D eigenvalue weighted by atomic mass is 10.0. The predicted octanol–water partition coefficient (Wildman–Crippen LogP) is 2.92. The molecule has 1 amide bonds. The van der Waals surface area contributed by atoms with E-state index in [0.717, 1.165) is 38.0 Å². The van der Waals surface area contributed by atoms with E-state index in [1.807, 2.05) is 12.1 Å². The zero-order chi connectivity index (χ0) is 22.2. The molecule has 0 radical (unpaired) electrons. The molecule has 31 heavy (non-hydrogen) atoms. The molecular weight excluding hydrogens is 404 g/mol. The second-order valence-corrected chi connectivity index (χ2v) is 7.84. The van der Waals surface area contributed by atoms with Crippen molar-refractivity contribution in [2.75, 3.05) is 31.6 Å². The van der Waals surface area contributed by atoms with E-state index in [0.29, 0.717) is 12.6 Å². The zero-order valence-corrected chi connectivity index (χ0v) is 17.6. The first-order valence-corrected chi connectivity index (χ1v) is 10.5. The Labute approximate surface area is 181 Å². The van der Waals surface area contributed by atoms with Crippen molar-refractivity contribution in [2.45, 2.75) is 38.5 Å². The molecule has 0 aliphatic carbocycles. The van der Waals surface area contributed by atoms with E-state index < -0.39 is 17.8 Å². The molecule has 2 aromatic rings. The number of aliphatic hydroxyl groups is 1. The number of aliphatic hydroxyl groups excluding tert-OH is 1. The second kappa shape index (κ2) is 11.2. The van der Waals surface area contributed by atoms with Crippen LogP contribution in [0.3, 0.4) is 0 Å². The summed E-state index contributed by atoms with van der Waals surface area (Å²) in [5, 5.41) is 16.0. The summed E-state index contributed by atoms with van der Waals surface area (Å²) in [7, 11) is 0. The molecule has 1 unspecified atom stereocenters. The zero-order valence-electron chi connectivity index (χ0n) is 17.6. The van der Waals surface area contributed by atoms with Crippen LogP contribution in [0.2, 0.25) is 0 Å². The molecule has 1 atom stereocenters. The maximum atomic E-state index is 13.9. The number of carbonyl (C=O) groups excluding carboxylic acids is 1. The number of likely N-dealkylation sites (tertiary alicyclic amines) is 1. The summed E-state index contributed by atoms with van der Waals surface area (Å²) in [6.45, 7) is 4.27. The van der Waals surface area contributed by atoms with Crippen LogP contribution in [0, 0.1) is 11.6 Å². The molecule has 2 aromatic carbocycles. The summed E-state index contributed by atoms with van der Waals surface area (Å²) in [6, 6.07) is 11.2. The number of rotatable bonds is 9. The van der Waals surface area contributed by atoms with Gasteiger partial charge in [0.2, 0.25) is 5.91 Å². The first-order chi connectivity index (χ1) is 14.9. The lowest BCUT2D eigenvalue weighted by molar-refractivity contribution is -0.114. The highest BCUT2D eigenvalue weighted by Crippen LogP contribution is 2.27. The van der Waals surface area contributed by atoms with E-state index in [2.05, 4.69) is 15.5 Å². The minimum absolute atomic E-state index is 0.0214. The minimum atomic E-state index is -0.773. The van der Waals surface area contributed by atoms with Crippen molar-refractivity contribution in [1.29, 1.82) is 0 Å². The van der Waals surface area contributed by atoms with Gasteiger partial charge in [0.05, 0.1) is 0 Å².